The second-order valence-corrected chi connectivity index (χ2v) is 9.50. The number of benzene rings is 3. The lowest BCUT2D eigenvalue weighted by molar-refractivity contribution is 0.198. The van der Waals surface area contributed by atoms with Gasteiger partial charge in [-0.3, -0.25) is 4.90 Å². The lowest BCUT2D eigenvalue weighted by Gasteiger charge is -2.40. The van der Waals surface area contributed by atoms with Crippen molar-refractivity contribution in [3.63, 3.8) is 0 Å². The number of hydrogen-bond acceptors (Lipinski definition) is 7. The Labute approximate surface area is 218 Å². The molecule has 1 atom stereocenters. The number of rotatable bonds is 8. The Morgan fingerprint density at radius 1 is 0.865 bits per heavy atom. The van der Waals surface area contributed by atoms with Gasteiger partial charge >= 0.3 is 0 Å². The number of tetrazole rings is 1. The Bertz CT molecular complexity index is 1330. The Morgan fingerprint density at radius 2 is 1.62 bits per heavy atom. The molecule has 3 aromatic carbocycles. The number of anilines is 1. The van der Waals surface area contributed by atoms with Crippen LogP contribution in [0.25, 0.3) is 0 Å². The van der Waals surface area contributed by atoms with Crippen LogP contribution in [0, 0.1) is 13.8 Å². The molecule has 0 amide bonds. The molecule has 0 aliphatic carbocycles. The van der Waals surface area contributed by atoms with Crippen LogP contribution in [-0.2, 0) is 6.54 Å². The number of aryl methyl sites for hydroxylation is 2. The summed E-state index contributed by atoms with van der Waals surface area (Å²) >= 11 is 0. The summed E-state index contributed by atoms with van der Waals surface area (Å²) < 4.78 is 13.0. The molecule has 1 unspecified atom stereocenters. The van der Waals surface area contributed by atoms with Gasteiger partial charge in [-0.1, -0.05) is 42.5 Å². The Hall–Kier alpha value is -3.91. The van der Waals surface area contributed by atoms with E-state index in [0.29, 0.717) is 6.54 Å². The lowest BCUT2D eigenvalue weighted by atomic mass is 10.0. The Kier molecular flexibility index (Phi) is 7.37. The first-order chi connectivity index (χ1) is 18.1. The maximum absolute atomic E-state index is 5.79. The molecule has 1 aliphatic heterocycles. The smallest absolute Gasteiger partial charge is 0.173 e. The average molecular weight is 499 g/mol. The van der Waals surface area contributed by atoms with Gasteiger partial charge in [0.2, 0.25) is 0 Å². The minimum atomic E-state index is -0.134. The zero-order chi connectivity index (χ0) is 25.8. The largest absolute Gasteiger partial charge is 0.497 e. The highest BCUT2D eigenvalue weighted by atomic mass is 16.5. The Balaban J connectivity index is 1.45. The van der Waals surface area contributed by atoms with Gasteiger partial charge in [-0.15, -0.1) is 5.10 Å². The highest BCUT2D eigenvalue weighted by Crippen LogP contribution is 2.35. The van der Waals surface area contributed by atoms with E-state index < -0.39 is 0 Å². The van der Waals surface area contributed by atoms with E-state index in [9.17, 15) is 0 Å². The second-order valence-electron chi connectivity index (χ2n) is 9.50. The first-order valence-corrected chi connectivity index (χ1v) is 12.7. The van der Waals surface area contributed by atoms with Crippen LogP contribution in [0.15, 0.2) is 66.7 Å². The summed E-state index contributed by atoms with van der Waals surface area (Å²) in [5.74, 6) is 2.47. The molecule has 1 saturated heterocycles. The number of ether oxygens (including phenoxy) is 2. The van der Waals surface area contributed by atoms with Gasteiger partial charge in [0.1, 0.15) is 17.5 Å². The van der Waals surface area contributed by atoms with Gasteiger partial charge in [-0.05, 0) is 65.2 Å². The normalized spacial score (nSPS) is 15.0. The third-order valence-corrected chi connectivity index (χ3v) is 7.11. The first-order valence-electron chi connectivity index (χ1n) is 12.7. The van der Waals surface area contributed by atoms with Crippen LogP contribution >= 0.6 is 0 Å². The van der Waals surface area contributed by atoms with Crippen molar-refractivity contribution < 1.29 is 9.47 Å². The zero-order valence-corrected chi connectivity index (χ0v) is 22.0. The van der Waals surface area contributed by atoms with Crippen molar-refractivity contribution >= 4 is 5.69 Å². The second kappa shape index (κ2) is 11.0. The molecular weight excluding hydrogens is 464 g/mol. The summed E-state index contributed by atoms with van der Waals surface area (Å²) in [6.07, 6.45) is 0. The van der Waals surface area contributed by atoms with Gasteiger partial charge in [0.25, 0.3) is 0 Å². The van der Waals surface area contributed by atoms with Gasteiger partial charge in [-0.25, -0.2) is 4.68 Å². The van der Waals surface area contributed by atoms with Gasteiger partial charge in [0.05, 0.1) is 20.8 Å². The van der Waals surface area contributed by atoms with E-state index >= 15 is 0 Å². The van der Waals surface area contributed by atoms with E-state index in [1.165, 1.54) is 16.8 Å². The predicted octanol–water partition coefficient (Wildman–Crippen LogP) is 4.27. The molecule has 2 heterocycles. The molecule has 0 bridgehead atoms. The van der Waals surface area contributed by atoms with Crippen molar-refractivity contribution in [2.24, 2.45) is 0 Å². The van der Waals surface area contributed by atoms with Gasteiger partial charge in [0.15, 0.2) is 5.82 Å². The summed E-state index contributed by atoms with van der Waals surface area (Å²) in [4.78, 5) is 4.95. The topological polar surface area (TPSA) is 68.5 Å². The molecule has 0 radical (unpaired) electrons. The highest BCUT2D eigenvalue weighted by Gasteiger charge is 2.32. The highest BCUT2D eigenvalue weighted by molar-refractivity contribution is 5.55. The predicted molar refractivity (Wildman–Crippen MR) is 144 cm³/mol. The maximum atomic E-state index is 5.79. The molecule has 0 N–H and O–H groups in total. The fourth-order valence-corrected chi connectivity index (χ4v) is 5.10. The fraction of sp³-hybridized carbons (Fsp3) is 0.345. The van der Waals surface area contributed by atoms with E-state index in [1.54, 1.807) is 14.2 Å². The van der Waals surface area contributed by atoms with Crippen LogP contribution in [0.4, 0.5) is 5.69 Å². The van der Waals surface area contributed by atoms with Crippen molar-refractivity contribution in [1.82, 2.24) is 25.1 Å². The summed E-state index contributed by atoms with van der Waals surface area (Å²) in [6.45, 7) is 8.52. The molecule has 37 heavy (non-hydrogen) atoms. The van der Waals surface area contributed by atoms with Crippen LogP contribution in [0.2, 0.25) is 0 Å². The monoisotopic (exact) mass is 498 g/mol. The van der Waals surface area contributed by atoms with Crippen molar-refractivity contribution in [3.05, 3.63) is 94.8 Å². The molecule has 1 aromatic heterocycles. The third kappa shape index (κ3) is 5.29. The van der Waals surface area contributed by atoms with Crippen molar-refractivity contribution in [3.8, 4) is 11.5 Å². The lowest BCUT2D eigenvalue weighted by Crippen LogP contribution is -2.48. The summed E-state index contributed by atoms with van der Waals surface area (Å²) in [7, 11) is 3.39. The fourth-order valence-electron chi connectivity index (χ4n) is 5.10. The molecule has 1 aliphatic rings. The molecule has 192 valence electrons. The van der Waals surface area contributed by atoms with E-state index in [0.717, 1.165) is 54.6 Å². The third-order valence-electron chi connectivity index (χ3n) is 7.11. The number of piperazine rings is 1. The quantitative estimate of drug-likeness (QED) is 0.359. The molecular formula is C29H34N6O2. The van der Waals surface area contributed by atoms with Crippen molar-refractivity contribution in [2.75, 3.05) is 45.3 Å². The summed E-state index contributed by atoms with van der Waals surface area (Å²) in [5.41, 5.74) is 6.08. The van der Waals surface area contributed by atoms with Crippen molar-refractivity contribution in [1.29, 1.82) is 0 Å². The average Bonchev–Trinajstić information content (AvgIpc) is 3.39. The number of methoxy groups -OCH3 is 2. The molecule has 5 rings (SSSR count). The maximum Gasteiger partial charge on any atom is 0.173 e. The van der Waals surface area contributed by atoms with Crippen LogP contribution < -0.4 is 14.4 Å². The van der Waals surface area contributed by atoms with Crippen LogP contribution in [0.3, 0.4) is 0 Å². The minimum Gasteiger partial charge on any atom is -0.497 e. The summed E-state index contributed by atoms with van der Waals surface area (Å²) in [5, 5.41) is 13.0. The number of hydrogen-bond donors (Lipinski definition) is 0. The SMILES string of the molecule is COc1ccc(Cn2nnnc2C(c2ccccc2OC)N2CCN(c3cc(C)ccc3C)CC2)cc1. The summed E-state index contributed by atoms with van der Waals surface area (Å²) in [6, 6.07) is 22.7. The van der Waals surface area contributed by atoms with Gasteiger partial charge in [0, 0.05) is 37.4 Å². The molecule has 0 saturated carbocycles. The van der Waals surface area contributed by atoms with Gasteiger partial charge in [-0.2, -0.15) is 0 Å². The van der Waals surface area contributed by atoms with E-state index in [4.69, 9.17) is 9.47 Å². The van der Waals surface area contributed by atoms with E-state index in [2.05, 4.69) is 69.5 Å². The van der Waals surface area contributed by atoms with Crippen LogP contribution in [-0.4, -0.2) is 65.5 Å². The van der Waals surface area contributed by atoms with E-state index in [-0.39, 0.29) is 6.04 Å². The first kappa shape index (κ1) is 24.8. The van der Waals surface area contributed by atoms with E-state index in [1.807, 2.05) is 41.1 Å². The molecule has 0 spiro atoms. The minimum absolute atomic E-state index is 0.134. The Morgan fingerprint density at radius 3 is 2.35 bits per heavy atom. The van der Waals surface area contributed by atoms with Gasteiger partial charge < -0.3 is 14.4 Å². The number of aromatic nitrogens is 4. The molecule has 8 nitrogen and oxygen atoms in total. The molecule has 8 heteroatoms. The number of para-hydroxylation sites is 1. The van der Waals surface area contributed by atoms with Crippen molar-refractivity contribution in [2.45, 2.75) is 26.4 Å². The molecule has 1 fully saturated rings. The van der Waals surface area contributed by atoms with Crippen LogP contribution in [0.1, 0.15) is 34.1 Å². The molecule has 4 aromatic rings. The number of nitrogens with zero attached hydrogens (tertiary/aromatic N) is 6. The van der Waals surface area contributed by atoms with Crippen LogP contribution in [0.5, 0.6) is 11.5 Å². The zero-order valence-electron chi connectivity index (χ0n) is 22.0. The standard InChI is InChI=1S/C29H34N6O2/c1-21-9-10-22(2)26(19-21)33-15-17-34(18-16-33)28(25-7-5-6-8-27(25)37-4)29-30-31-32-35(29)20-23-11-13-24(36-3)14-12-23/h5-14,19,28H,15-18,20H2,1-4H3.